The van der Waals surface area contributed by atoms with Gasteiger partial charge in [0.25, 0.3) is 0 Å². The topological polar surface area (TPSA) is 30.4 Å². The third-order valence-electron chi connectivity index (χ3n) is 0.910. The van der Waals surface area contributed by atoms with Crippen LogP contribution in [-0.2, 0) is 0 Å². The van der Waals surface area contributed by atoms with Crippen molar-refractivity contribution < 1.29 is 4.42 Å². The quantitative estimate of drug-likeness (QED) is 0.490. The Bertz CT molecular complexity index is 232. The van der Waals surface area contributed by atoms with Gasteiger partial charge in [-0.3, -0.25) is 4.40 Å². The predicted octanol–water partition coefficient (Wildman–Crippen LogP) is 0.528. The molecule has 3 nitrogen and oxygen atoms in total. The van der Waals surface area contributed by atoms with Crippen molar-refractivity contribution in [2.75, 3.05) is 0 Å². The number of fused-ring (bicyclic) bond motifs is 1. The molecular weight excluding hydrogens is 104 g/mol. The van der Waals surface area contributed by atoms with Crippen molar-refractivity contribution in [1.82, 2.24) is 9.38 Å². The summed E-state index contributed by atoms with van der Waals surface area (Å²) < 4.78 is 6.38. The lowest BCUT2D eigenvalue weighted by atomic mass is 10.9. The van der Waals surface area contributed by atoms with Crippen molar-refractivity contribution in [1.29, 1.82) is 0 Å². The molecule has 2 radical (unpaired) electrons. The van der Waals surface area contributed by atoms with Crippen molar-refractivity contribution in [3.05, 3.63) is 24.9 Å². The van der Waals surface area contributed by atoms with Gasteiger partial charge in [-0.15, -0.1) is 0 Å². The third-order valence-corrected chi connectivity index (χ3v) is 0.910. The summed E-state index contributed by atoms with van der Waals surface area (Å²) >= 11 is 0. The lowest BCUT2D eigenvalue weighted by molar-refractivity contribution is 0.587. The Balaban J connectivity index is 3.06. The molecule has 0 aliphatic heterocycles. The maximum Gasteiger partial charge on any atom is 0.306 e. The van der Waals surface area contributed by atoms with E-state index in [0.717, 1.165) is 0 Å². The van der Waals surface area contributed by atoms with Crippen LogP contribution in [0.2, 0.25) is 0 Å². The summed E-state index contributed by atoms with van der Waals surface area (Å²) in [5, 5.41) is 0. The number of rotatable bonds is 0. The molecule has 0 fully saturated rings. The van der Waals surface area contributed by atoms with Gasteiger partial charge in [0.15, 0.2) is 6.26 Å². The van der Waals surface area contributed by atoms with Crippen LogP contribution >= 0.6 is 0 Å². The SMILES string of the molecule is [c]1cn2[c]cnc2o1. The van der Waals surface area contributed by atoms with Crippen molar-refractivity contribution in [2.24, 2.45) is 0 Å². The highest BCUT2D eigenvalue weighted by Crippen LogP contribution is 1.96. The minimum atomic E-state index is 0.532. The fraction of sp³-hybridized carbons (Fsp3) is 0. The standard InChI is InChI=1S/C5H2N2O/c1-2-7-3-4-8-5(7)6-1/h1,3H. The third kappa shape index (κ3) is 0.307. The summed E-state index contributed by atoms with van der Waals surface area (Å²) in [6, 6.07) is 0. The second-order valence-corrected chi connectivity index (χ2v) is 1.39. The zero-order valence-corrected chi connectivity index (χ0v) is 3.96. The highest BCUT2D eigenvalue weighted by molar-refractivity contribution is 5.19. The molecule has 0 bridgehead atoms. The van der Waals surface area contributed by atoms with Crippen LogP contribution in [0.4, 0.5) is 0 Å². The van der Waals surface area contributed by atoms with Crippen LogP contribution in [-0.4, -0.2) is 9.38 Å². The van der Waals surface area contributed by atoms with E-state index in [0.29, 0.717) is 5.84 Å². The minimum Gasteiger partial charge on any atom is -0.420 e. The average molecular weight is 106 g/mol. The molecule has 2 heterocycles. The summed E-state index contributed by atoms with van der Waals surface area (Å²) in [6.45, 7) is 0. The Hall–Kier alpha value is -1.25. The molecule has 0 spiro atoms. The van der Waals surface area contributed by atoms with Crippen LogP contribution in [0.5, 0.6) is 0 Å². The smallest absolute Gasteiger partial charge is 0.306 e. The van der Waals surface area contributed by atoms with Gasteiger partial charge >= 0.3 is 5.84 Å². The van der Waals surface area contributed by atoms with Gasteiger partial charge in [-0.25, -0.2) is 4.98 Å². The van der Waals surface area contributed by atoms with Crippen molar-refractivity contribution in [3.63, 3.8) is 0 Å². The van der Waals surface area contributed by atoms with Gasteiger partial charge in [0.2, 0.25) is 0 Å². The number of imidazole rings is 1. The second kappa shape index (κ2) is 1.12. The van der Waals surface area contributed by atoms with Gasteiger partial charge in [-0.2, -0.15) is 0 Å². The molecule has 0 saturated heterocycles. The fourth-order valence-electron chi connectivity index (χ4n) is 0.563. The first-order valence-electron chi connectivity index (χ1n) is 2.17. The van der Waals surface area contributed by atoms with E-state index in [1.54, 1.807) is 16.8 Å². The predicted molar refractivity (Wildman–Crippen MR) is 25.1 cm³/mol. The van der Waals surface area contributed by atoms with Gasteiger partial charge in [-0.1, -0.05) is 0 Å². The molecule has 0 aromatic carbocycles. The molecule has 2 aromatic rings. The van der Waals surface area contributed by atoms with E-state index in [1.807, 2.05) is 0 Å². The second-order valence-electron chi connectivity index (χ2n) is 1.39. The minimum absolute atomic E-state index is 0.532. The first-order valence-corrected chi connectivity index (χ1v) is 2.17. The summed E-state index contributed by atoms with van der Waals surface area (Å²) in [5.41, 5.74) is 0. The largest absolute Gasteiger partial charge is 0.420 e. The Kier molecular flexibility index (Phi) is 0.521. The summed E-state index contributed by atoms with van der Waals surface area (Å²) in [5.74, 6) is 0.532. The molecule has 8 heavy (non-hydrogen) atoms. The average Bonchev–Trinajstić information content (AvgIpc) is 2.15. The molecule has 0 saturated carbocycles. The van der Waals surface area contributed by atoms with Gasteiger partial charge in [-0.05, 0) is 0 Å². The van der Waals surface area contributed by atoms with E-state index >= 15 is 0 Å². The molecule has 38 valence electrons. The molecule has 0 aliphatic carbocycles. The molecule has 0 atom stereocenters. The number of oxazole rings is 1. The van der Waals surface area contributed by atoms with Gasteiger partial charge in [0, 0.05) is 0 Å². The maximum absolute atomic E-state index is 4.75. The van der Waals surface area contributed by atoms with Crippen molar-refractivity contribution in [3.8, 4) is 0 Å². The number of nitrogens with zero attached hydrogens (tertiary/aromatic N) is 2. The summed E-state index contributed by atoms with van der Waals surface area (Å²) in [6.07, 6.45) is 8.47. The molecule has 2 aromatic heterocycles. The first-order chi connectivity index (χ1) is 3.97. The zero-order valence-electron chi connectivity index (χ0n) is 3.96. The van der Waals surface area contributed by atoms with Gasteiger partial charge in [0.05, 0.1) is 18.6 Å². The van der Waals surface area contributed by atoms with Crippen molar-refractivity contribution in [2.45, 2.75) is 0 Å². The van der Waals surface area contributed by atoms with Crippen LogP contribution in [0.1, 0.15) is 0 Å². The Morgan fingerprint density at radius 1 is 1.75 bits per heavy atom. The Labute approximate surface area is 45.6 Å². The summed E-state index contributed by atoms with van der Waals surface area (Å²) in [7, 11) is 0. The van der Waals surface area contributed by atoms with E-state index in [2.05, 4.69) is 17.4 Å². The molecule has 0 unspecified atom stereocenters. The normalized spacial score (nSPS) is 10.5. The van der Waals surface area contributed by atoms with Crippen LogP contribution < -0.4 is 0 Å². The molecular formula is C5H2N2O. The zero-order chi connectivity index (χ0) is 5.40. The first kappa shape index (κ1) is 3.72. The molecule has 0 aliphatic rings. The van der Waals surface area contributed by atoms with E-state index in [1.165, 1.54) is 0 Å². The lowest BCUT2D eigenvalue weighted by Gasteiger charge is -1.68. The van der Waals surface area contributed by atoms with E-state index in [-0.39, 0.29) is 0 Å². The van der Waals surface area contributed by atoms with Crippen LogP contribution in [0.15, 0.2) is 16.8 Å². The Morgan fingerprint density at radius 2 is 2.75 bits per heavy atom. The van der Waals surface area contributed by atoms with E-state index < -0.39 is 0 Å². The van der Waals surface area contributed by atoms with Crippen molar-refractivity contribution >= 4 is 5.84 Å². The van der Waals surface area contributed by atoms with E-state index in [9.17, 15) is 0 Å². The number of hydrogen-bond donors (Lipinski definition) is 0. The number of hydrogen-bond acceptors (Lipinski definition) is 2. The van der Waals surface area contributed by atoms with E-state index in [4.69, 9.17) is 4.42 Å². The monoisotopic (exact) mass is 106 g/mol. The van der Waals surface area contributed by atoms with Gasteiger partial charge in [0.1, 0.15) is 0 Å². The lowest BCUT2D eigenvalue weighted by Crippen LogP contribution is -1.68. The molecule has 2 rings (SSSR count). The maximum atomic E-state index is 4.75. The Morgan fingerprint density at radius 3 is 3.62 bits per heavy atom. The molecule has 3 heteroatoms. The number of aromatic nitrogens is 2. The van der Waals surface area contributed by atoms with Crippen LogP contribution in [0.25, 0.3) is 5.84 Å². The molecule has 0 amide bonds. The van der Waals surface area contributed by atoms with Crippen LogP contribution in [0, 0.1) is 12.5 Å². The highest BCUT2D eigenvalue weighted by Gasteiger charge is 1.92. The van der Waals surface area contributed by atoms with Gasteiger partial charge < -0.3 is 4.42 Å². The molecule has 0 N–H and O–H groups in total. The van der Waals surface area contributed by atoms with Crippen LogP contribution in [0.3, 0.4) is 0 Å². The highest BCUT2D eigenvalue weighted by atomic mass is 16.3. The fourth-order valence-corrected chi connectivity index (χ4v) is 0.563. The summed E-state index contributed by atoms with van der Waals surface area (Å²) in [4.78, 5) is 3.79.